The Morgan fingerprint density at radius 2 is 2.05 bits per heavy atom. The van der Waals surface area contributed by atoms with Gasteiger partial charge in [-0.3, -0.25) is 0 Å². The van der Waals surface area contributed by atoms with Crippen LogP contribution in [0.1, 0.15) is 18.4 Å². The lowest BCUT2D eigenvalue weighted by Gasteiger charge is -2.21. The van der Waals surface area contributed by atoms with Crippen molar-refractivity contribution in [2.45, 2.75) is 19.4 Å². The summed E-state index contributed by atoms with van der Waals surface area (Å²) in [5.41, 5.74) is -1.13. The highest BCUT2D eigenvalue weighted by Crippen LogP contribution is 2.26. The molecule has 1 atom stereocenters. The first-order valence-corrected chi connectivity index (χ1v) is 7.42. The van der Waals surface area contributed by atoms with E-state index in [2.05, 4.69) is 10.3 Å². The minimum Gasteiger partial charge on any atom is -0.463 e. The van der Waals surface area contributed by atoms with Crippen molar-refractivity contribution in [2.24, 2.45) is 0 Å². The standard InChI is InChI=1S/C17H17ClN2O2/c1-11-7-8-14(22-11)17(2,21)10-19-15-9-12-5-3-4-6-13(12)16(18)20-15/h3-9,21H,10H2,1-2H3,(H,19,20). The molecular formula is C17H17ClN2O2. The highest BCUT2D eigenvalue weighted by Gasteiger charge is 2.26. The van der Waals surface area contributed by atoms with Gasteiger partial charge in [0.15, 0.2) is 0 Å². The first-order chi connectivity index (χ1) is 10.5. The first-order valence-electron chi connectivity index (χ1n) is 7.04. The highest BCUT2D eigenvalue weighted by atomic mass is 35.5. The van der Waals surface area contributed by atoms with E-state index in [1.165, 1.54) is 0 Å². The third-order valence-electron chi connectivity index (χ3n) is 3.58. The lowest BCUT2D eigenvalue weighted by molar-refractivity contribution is 0.0467. The van der Waals surface area contributed by atoms with Gasteiger partial charge in [-0.15, -0.1) is 0 Å². The molecule has 22 heavy (non-hydrogen) atoms. The molecule has 114 valence electrons. The van der Waals surface area contributed by atoms with Crippen LogP contribution in [0.4, 0.5) is 5.82 Å². The van der Waals surface area contributed by atoms with Gasteiger partial charge < -0.3 is 14.8 Å². The van der Waals surface area contributed by atoms with E-state index in [9.17, 15) is 5.11 Å². The van der Waals surface area contributed by atoms with Crippen molar-refractivity contribution in [1.82, 2.24) is 4.98 Å². The van der Waals surface area contributed by atoms with E-state index in [1.54, 1.807) is 13.0 Å². The Labute approximate surface area is 133 Å². The van der Waals surface area contributed by atoms with Gasteiger partial charge in [0.05, 0.1) is 6.54 Å². The predicted octanol–water partition coefficient (Wildman–Crippen LogP) is 4.11. The van der Waals surface area contributed by atoms with E-state index in [-0.39, 0.29) is 6.54 Å². The molecule has 1 aromatic carbocycles. The maximum absolute atomic E-state index is 10.5. The molecule has 0 saturated heterocycles. The second-order valence-electron chi connectivity index (χ2n) is 5.56. The van der Waals surface area contributed by atoms with Crippen LogP contribution in [0.25, 0.3) is 10.8 Å². The van der Waals surface area contributed by atoms with Crippen LogP contribution in [0, 0.1) is 6.92 Å². The van der Waals surface area contributed by atoms with Gasteiger partial charge in [0.1, 0.15) is 28.1 Å². The molecule has 2 N–H and O–H groups in total. The van der Waals surface area contributed by atoms with Gasteiger partial charge in [-0.25, -0.2) is 4.98 Å². The third kappa shape index (κ3) is 2.93. The van der Waals surface area contributed by atoms with Gasteiger partial charge in [-0.2, -0.15) is 0 Å². The van der Waals surface area contributed by atoms with Crippen molar-refractivity contribution in [1.29, 1.82) is 0 Å². The number of aromatic nitrogens is 1. The molecule has 5 heteroatoms. The van der Waals surface area contributed by atoms with E-state index in [0.717, 1.165) is 16.5 Å². The van der Waals surface area contributed by atoms with Gasteiger partial charge in [0.2, 0.25) is 0 Å². The van der Waals surface area contributed by atoms with Crippen molar-refractivity contribution in [3.63, 3.8) is 0 Å². The number of hydrogen-bond acceptors (Lipinski definition) is 4. The summed E-state index contributed by atoms with van der Waals surface area (Å²) in [6.45, 7) is 3.81. The number of aryl methyl sites for hydroxylation is 1. The molecule has 0 fully saturated rings. The Balaban J connectivity index is 1.81. The summed E-state index contributed by atoms with van der Waals surface area (Å²) >= 11 is 6.20. The Bertz CT molecular complexity index is 811. The number of nitrogens with one attached hydrogen (secondary N) is 1. The van der Waals surface area contributed by atoms with E-state index in [4.69, 9.17) is 16.0 Å². The molecule has 0 radical (unpaired) electrons. The number of halogens is 1. The molecule has 3 rings (SSSR count). The van der Waals surface area contributed by atoms with Crippen molar-refractivity contribution in [2.75, 3.05) is 11.9 Å². The van der Waals surface area contributed by atoms with Crippen molar-refractivity contribution >= 4 is 28.2 Å². The molecule has 0 aliphatic rings. The summed E-state index contributed by atoms with van der Waals surface area (Å²) in [4.78, 5) is 4.32. The number of aliphatic hydroxyl groups is 1. The van der Waals surface area contributed by atoms with Gasteiger partial charge in [-0.1, -0.05) is 35.9 Å². The van der Waals surface area contributed by atoms with E-state index < -0.39 is 5.60 Å². The summed E-state index contributed by atoms with van der Waals surface area (Å²) in [7, 11) is 0. The lowest BCUT2D eigenvalue weighted by Crippen LogP contribution is -2.30. The van der Waals surface area contributed by atoms with Crippen LogP contribution >= 0.6 is 11.6 Å². The monoisotopic (exact) mass is 316 g/mol. The molecule has 0 bridgehead atoms. The molecule has 2 aromatic heterocycles. The smallest absolute Gasteiger partial charge is 0.139 e. The summed E-state index contributed by atoms with van der Waals surface area (Å²) < 4.78 is 5.49. The molecule has 0 aliphatic heterocycles. The quantitative estimate of drug-likeness (QED) is 0.711. The van der Waals surface area contributed by atoms with E-state index in [1.807, 2.05) is 43.3 Å². The molecule has 0 amide bonds. The van der Waals surface area contributed by atoms with Crippen LogP contribution in [-0.4, -0.2) is 16.6 Å². The fourth-order valence-electron chi connectivity index (χ4n) is 2.32. The largest absolute Gasteiger partial charge is 0.463 e. The van der Waals surface area contributed by atoms with Gasteiger partial charge in [0, 0.05) is 5.39 Å². The van der Waals surface area contributed by atoms with Gasteiger partial charge in [-0.05, 0) is 37.4 Å². The Morgan fingerprint density at radius 3 is 2.77 bits per heavy atom. The number of nitrogens with zero attached hydrogens (tertiary/aromatic N) is 1. The van der Waals surface area contributed by atoms with Crippen LogP contribution in [0.2, 0.25) is 5.15 Å². The van der Waals surface area contributed by atoms with Crippen LogP contribution < -0.4 is 5.32 Å². The number of anilines is 1. The Kier molecular flexibility index (Phi) is 3.81. The van der Waals surface area contributed by atoms with Crippen LogP contribution in [-0.2, 0) is 5.60 Å². The minimum atomic E-state index is -1.13. The fraction of sp³-hybridized carbons (Fsp3) is 0.235. The highest BCUT2D eigenvalue weighted by molar-refractivity contribution is 6.34. The van der Waals surface area contributed by atoms with Crippen molar-refractivity contribution < 1.29 is 9.52 Å². The van der Waals surface area contributed by atoms with Gasteiger partial charge >= 0.3 is 0 Å². The Morgan fingerprint density at radius 1 is 1.27 bits per heavy atom. The summed E-state index contributed by atoms with van der Waals surface area (Å²) in [6.07, 6.45) is 0. The topological polar surface area (TPSA) is 58.3 Å². The minimum absolute atomic E-state index is 0.265. The van der Waals surface area contributed by atoms with Crippen molar-refractivity contribution in [3.05, 3.63) is 59.1 Å². The number of furan rings is 1. The molecule has 1 unspecified atom stereocenters. The fourth-order valence-corrected chi connectivity index (χ4v) is 2.58. The van der Waals surface area contributed by atoms with Gasteiger partial charge in [0.25, 0.3) is 0 Å². The maximum atomic E-state index is 10.5. The molecule has 0 saturated carbocycles. The molecular weight excluding hydrogens is 300 g/mol. The van der Waals surface area contributed by atoms with Crippen molar-refractivity contribution in [3.8, 4) is 0 Å². The number of rotatable bonds is 4. The number of pyridine rings is 1. The molecule has 4 nitrogen and oxygen atoms in total. The lowest BCUT2D eigenvalue weighted by atomic mass is 10.0. The second kappa shape index (κ2) is 5.63. The predicted molar refractivity (Wildman–Crippen MR) is 88.3 cm³/mol. The number of benzene rings is 1. The SMILES string of the molecule is Cc1ccc(C(C)(O)CNc2cc3ccccc3c(Cl)n2)o1. The normalized spacial score (nSPS) is 14.0. The molecule has 2 heterocycles. The summed E-state index contributed by atoms with van der Waals surface area (Å²) in [6, 6.07) is 13.3. The molecule has 0 aliphatic carbocycles. The van der Waals surface area contributed by atoms with Crippen LogP contribution in [0.5, 0.6) is 0 Å². The van der Waals surface area contributed by atoms with Crippen LogP contribution in [0.3, 0.4) is 0 Å². The van der Waals surface area contributed by atoms with Crippen LogP contribution in [0.15, 0.2) is 46.9 Å². The number of fused-ring (bicyclic) bond motifs is 1. The zero-order valence-corrected chi connectivity index (χ0v) is 13.2. The zero-order valence-electron chi connectivity index (χ0n) is 12.4. The molecule has 3 aromatic rings. The van der Waals surface area contributed by atoms with E-state index >= 15 is 0 Å². The zero-order chi connectivity index (χ0) is 15.7. The maximum Gasteiger partial charge on any atom is 0.139 e. The second-order valence-corrected chi connectivity index (χ2v) is 5.92. The molecule has 0 spiro atoms. The first kappa shape index (κ1) is 14.9. The average Bonchev–Trinajstić information content (AvgIpc) is 2.93. The third-order valence-corrected chi connectivity index (χ3v) is 3.87. The average molecular weight is 317 g/mol. The summed E-state index contributed by atoms with van der Waals surface area (Å²) in [5.74, 6) is 1.90. The Hall–Kier alpha value is -2.04. The summed E-state index contributed by atoms with van der Waals surface area (Å²) in [5, 5.41) is 16.0. The van der Waals surface area contributed by atoms with E-state index in [0.29, 0.717) is 16.7 Å². The number of hydrogen-bond donors (Lipinski definition) is 2.